The summed E-state index contributed by atoms with van der Waals surface area (Å²) in [5, 5.41) is 15.8. The highest BCUT2D eigenvalue weighted by Crippen LogP contribution is 2.29. The van der Waals surface area contributed by atoms with Crippen LogP contribution in [0.5, 0.6) is 0 Å². The zero-order valence-corrected chi connectivity index (χ0v) is 15.5. The average molecular weight is 400 g/mol. The van der Waals surface area contributed by atoms with E-state index in [1.165, 1.54) is 29.2 Å². The maximum Gasteiger partial charge on any atom is 0.232 e. The molecule has 0 unspecified atom stereocenters. The van der Waals surface area contributed by atoms with Gasteiger partial charge in [-0.25, -0.2) is 4.39 Å². The topological polar surface area (TPSA) is 80.9 Å². The molecule has 1 N–H and O–H groups in total. The second kappa shape index (κ2) is 7.85. The molecule has 0 aliphatic heterocycles. The molecule has 2 heterocycles. The van der Waals surface area contributed by atoms with Crippen LogP contribution in [0.25, 0.3) is 11.0 Å². The van der Waals surface area contributed by atoms with Crippen LogP contribution >= 0.6 is 23.1 Å². The Morgan fingerprint density at radius 3 is 2.85 bits per heavy atom. The van der Waals surface area contributed by atoms with Crippen LogP contribution in [0.3, 0.4) is 0 Å². The van der Waals surface area contributed by atoms with E-state index in [1.807, 2.05) is 18.2 Å². The molecule has 0 aliphatic carbocycles. The number of nitrogens with one attached hydrogen (secondary N) is 1. The molecule has 0 saturated carbocycles. The van der Waals surface area contributed by atoms with Crippen molar-refractivity contribution in [2.45, 2.75) is 16.5 Å². The molecule has 2 aromatic carbocycles. The predicted octanol–water partition coefficient (Wildman–Crippen LogP) is 4.29. The van der Waals surface area contributed by atoms with Gasteiger partial charge >= 0.3 is 0 Å². The van der Waals surface area contributed by atoms with E-state index in [0.29, 0.717) is 32.1 Å². The van der Waals surface area contributed by atoms with Gasteiger partial charge in [-0.1, -0.05) is 58.6 Å². The second-order valence-electron chi connectivity index (χ2n) is 5.60. The number of carbonyl (C=O) groups excluding carboxylic acids is 1. The predicted molar refractivity (Wildman–Crippen MR) is 102 cm³/mol. The number of fused-ring (bicyclic) bond motifs is 1. The fourth-order valence-corrected chi connectivity index (χ4v) is 4.21. The number of para-hydroxylation sites is 1. The number of anilines is 1. The van der Waals surface area contributed by atoms with Gasteiger partial charge in [-0.2, -0.15) is 0 Å². The monoisotopic (exact) mass is 400 g/mol. The lowest BCUT2D eigenvalue weighted by atomic mass is 10.2. The summed E-state index contributed by atoms with van der Waals surface area (Å²) in [7, 11) is 0. The molecule has 27 heavy (non-hydrogen) atoms. The molecular formula is C18H13FN4O2S2. The lowest BCUT2D eigenvalue weighted by Crippen LogP contribution is -2.14. The van der Waals surface area contributed by atoms with Crippen LogP contribution in [0, 0.1) is 5.82 Å². The Morgan fingerprint density at radius 1 is 1.15 bits per heavy atom. The number of aromatic nitrogens is 3. The summed E-state index contributed by atoms with van der Waals surface area (Å²) in [5.41, 5.74) is 1.81. The smallest absolute Gasteiger partial charge is 0.232 e. The minimum absolute atomic E-state index is 0.0777. The first-order valence-corrected chi connectivity index (χ1v) is 9.82. The number of thioether (sulfide) groups is 1. The molecule has 0 fully saturated rings. The first-order valence-electron chi connectivity index (χ1n) is 8.02. The third-order valence-electron chi connectivity index (χ3n) is 3.74. The summed E-state index contributed by atoms with van der Waals surface area (Å²) >= 11 is 2.61. The van der Waals surface area contributed by atoms with E-state index in [0.717, 1.165) is 5.39 Å². The maximum atomic E-state index is 13.6. The Hall–Kier alpha value is -2.78. The van der Waals surface area contributed by atoms with Crippen molar-refractivity contribution < 1.29 is 13.7 Å². The number of rotatable bonds is 6. The van der Waals surface area contributed by atoms with Gasteiger partial charge in [0.1, 0.15) is 11.5 Å². The van der Waals surface area contributed by atoms with Gasteiger partial charge in [0.25, 0.3) is 0 Å². The quantitative estimate of drug-likeness (QED) is 0.384. The standard InChI is InChI=1S/C18H13FN4O2S2/c19-13-7-3-1-5-11(13)10-26-18-22-21-17(27-18)20-16(24)9-14-12-6-2-4-8-15(12)25-23-14/h1-8H,9-10H2,(H,20,21,24). The van der Waals surface area contributed by atoms with E-state index in [-0.39, 0.29) is 18.1 Å². The highest BCUT2D eigenvalue weighted by Gasteiger charge is 2.14. The van der Waals surface area contributed by atoms with Crippen LogP contribution in [-0.2, 0) is 17.0 Å². The summed E-state index contributed by atoms with van der Waals surface area (Å²) in [6, 6.07) is 14.0. The molecule has 2 aromatic heterocycles. The van der Waals surface area contributed by atoms with E-state index < -0.39 is 0 Å². The molecule has 0 aliphatic rings. The minimum Gasteiger partial charge on any atom is -0.356 e. The molecule has 0 saturated heterocycles. The van der Waals surface area contributed by atoms with Crippen molar-refractivity contribution >= 4 is 45.1 Å². The van der Waals surface area contributed by atoms with Gasteiger partial charge in [-0.15, -0.1) is 10.2 Å². The van der Waals surface area contributed by atoms with Crippen molar-refractivity contribution in [3.63, 3.8) is 0 Å². The molecule has 4 aromatic rings. The zero-order valence-electron chi connectivity index (χ0n) is 13.9. The van der Waals surface area contributed by atoms with E-state index in [9.17, 15) is 9.18 Å². The van der Waals surface area contributed by atoms with Crippen LogP contribution in [0.1, 0.15) is 11.3 Å². The van der Waals surface area contributed by atoms with Crippen molar-refractivity contribution in [2.75, 3.05) is 5.32 Å². The first-order chi connectivity index (χ1) is 13.2. The first kappa shape index (κ1) is 17.6. The molecule has 9 heteroatoms. The molecule has 0 spiro atoms. The Bertz CT molecular complexity index is 1100. The fraction of sp³-hybridized carbons (Fsp3) is 0.111. The highest BCUT2D eigenvalue weighted by molar-refractivity contribution is 8.00. The normalized spacial score (nSPS) is 11.0. The molecular weight excluding hydrogens is 387 g/mol. The molecule has 6 nitrogen and oxygen atoms in total. The van der Waals surface area contributed by atoms with Gasteiger partial charge in [0.05, 0.1) is 6.42 Å². The molecule has 0 atom stereocenters. The number of hydrogen-bond acceptors (Lipinski definition) is 7. The Kier molecular flexibility index (Phi) is 5.12. The van der Waals surface area contributed by atoms with E-state index in [2.05, 4.69) is 20.7 Å². The summed E-state index contributed by atoms with van der Waals surface area (Å²) in [6.45, 7) is 0. The number of halogens is 1. The largest absolute Gasteiger partial charge is 0.356 e. The van der Waals surface area contributed by atoms with Crippen molar-refractivity contribution in [1.82, 2.24) is 15.4 Å². The van der Waals surface area contributed by atoms with Crippen LogP contribution in [0.15, 0.2) is 57.4 Å². The Balaban J connectivity index is 1.36. The summed E-state index contributed by atoms with van der Waals surface area (Å²) < 4.78 is 19.5. The van der Waals surface area contributed by atoms with Crippen molar-refractivity contribution in [3.8, 4) is 0 Å². The zero-order chi connectivity index (χ0) is 18.6. The summed E-state index contributed by atoms with van der Waals surface area (Å²) in [5.74, 6) is -0.0565. The second-order valence-corrected chi connectivity index (χ2v) is 7.80. The van der Waals surface area contributed by atoms with Gasteiger partial charge < -0.3 is 9.84 Å². The lowest BCUT2D eigenvalue weighted by molar-refractivity contribution is -0.115. The molecule has 4 rings (SSSR count). The van der Waals surface area contributed by atoms with Gasteiger partial charge in [-0.3, -0.25) is 4.79 Å². The van der Waals surface area contributed by atoms with Gasteiger partial charge in [0, 0.05) is 11.1 Å². The average Bonchev–Trinajstić information content (AvgIpc) is 3.28. The third kappa shape index (κ3) is 4.15. The minimum atomic E-state index is -0.254. The SMILES string of the molecule is O=C(Cc1noc2ccccc12)Nc1nnc(SCc2ccccc2F)s1. The van der Waals surface area contributed by atoms with Crippen molar-refractivity contribution in [1.29, 1.82) is 0 Å². The van der Waals surface area contributed by atoms with Gasteiger partial charge in [-0.05, 0) is 23.8 Å². The van der Waals surface area contributed by atoms with E-state index in [4.69, 9.17) is 4.52 Å². The van der Waals surface area contributed by atoms with Crippen LogP contribution in [-0.4, -0.2) is 21.3 Å². The lowest BCUT2D eigenvalue weighted by Gasteiger charge is -2.00. The molecule has 136 valence electrons. The molecule has 0 bridgehead atoms. The van der Waals surface area contributed by atoms with Gasteiger partial charge in [0.2, 0.25) is 11.0 Å². The molecule has 0 radical (unpaired) electrons. The number of amides is 1. The van der Waals surface area contributed by atoms with E-state index >= 15 is 0 Å². The summed E-state index contributed by atoms with van der Waals surface area (Å²) in [6.07, 6.45) is 0.0777. The van der Waals surface area contributed by atoms with Crippen LogP contribution in [0.2, 0.25) is 0 Å². The molecule has 1 amide bonds. The number of benzene rings is 2. The van der Waals surface area contributed by atoms with Crippen LogP contribution in [0.4, 0.5) is 9.52 Å². The van der Waals surface area contributed by atoms with Crippen LogP contribution < -0.4 is 5.32 Å². The fourth-order valence-electron chi connectivity index (χ4n) is 2.45. The van der Waals surface area contributed by atoms with Crippen molar-refractivity contribution in [3.05, 3.63) is 65.6 Å². The number of nitrogens with zero attached hydrogens (tertiary/aromatic N) is 3. The maximum absolute atomic E-state index is 13.6. The Labute approximate surface area is 161 Å². The number of carbonyl (C=O) groups is 1. The highest BCUT2D eigenvalue weighted by atomic mass is 32.2. The van der Waals surface area contributed by atoms with Crippen molar-refractivity contribution in [2.24, 2.45) is 0 Å². The Morgan fingerprint density at radius 2 is 1.96 bits per heavy atom. The third-order valence-corrected chi connectivity index (χ3v) is 5.76. The van der Waals surface area contributed by atoms with E-state index in [1.54, 1.807) is 24.3 Å². The summed E-state index contributed by atoms with van der Waals surface area (Å²) in [4.78, 5) is 12.2. The van der Waals surface area contributed by atoms with Gasteiger partial charge in [0.15, 0.2) is 9.92 Å². The number of hydrogen-bond donors (Lipinski definition) is 1.